The van der Waals surface area contributed by atoms with Crippen molar-refractivity contribution in [3.63, 3.8) is 0 Å². The van der Waals surface area contributed by atoms with Crippen molar-refractivity contribution in [3.8, 4) is 0 Å². The number of anilines is 1. The fourth-order valence-electron chi connectivity index (χ4n) is 1.79. The van der Waals surface area contributed by atoms with Gasteiger partial charge in [-0.3, -0.25) is 4.79 Å². The van der Waals surface area contributed by atoms with Crippen molar-refractivity contribution in [3.05, 3.63) is 46.5 Å². The molecule has 0 fully saturated rings. The molecule has 6 nitrogen and oxygen atoms in total. The average molecular weight is 331 g/mol. The van der Waals surface area contributed by atoms with Crippen LogP contribution in [0.15, 0.2) is 35.4 Å². The van der Waals surface area contributed by atoms with Gasteiger partial charge >= 0.3 is 5.97 Å². The van der Waals surface area contributed by atoms with Crippen LogP contribution < -0.4 is 5.01 Å². The monoisotopic (exact) mass is 331 g/mol. The van der Waals surface area contributed by atoms with Gasteiger partial charge in [0.05, 0.1) is 18.5 Å². The fraction of sp³-hybridized carbons (Fsp3) is 0.250. The van der Waals surface area contributed by atoms with Crippen LogP contribution in [0.3, 0.4) is 0 Å². The van der Waals surface area contributed by atoms with Gasteiger partial charge in [0.1, 0.15) is 4.88 Å². The normalized spacial score (nSPS) is 10.7. The van der Waals surface area contributed by atoms with Crippen molar-refractivity contribution < 1.29 is 14.3 Å². The molecule has 0 bridgehead atoms. The van der Waals surface area contributed by atoms with E-state index in [0.29, 0.717) is 15.7 Å². The van der Waals surface area contributed by atoms with Gasteiger partial charge in [-0.15, -0.1) is 0 Å². The second-order valence-corrected chi connectivity index (χ2v) is 5.60. The van der Waals surface area contributed by atoms with E-state index >= 15 is 0 Å². The molecule has 0 atom stereocenters. The quantitative estimate of drug-likeness (QED) is 0.480. The van der Waals surface area contributed by atoms with Crippen LogP contribution in [-0.4, -0.2) is 29.7 Å². The van der Waals surface area contributed by atoms with Crippen LogP contribution in [-0.2, 0) is 9.53 Å². The van der Waals surface area contributed by atoms with Crippen LogP contribution in [0.1, 0.15) is 34.8 Å². The molecule has 120 valence electrons. The molecule has 2 aromatic rings. The number of esters is 1. The number of thiazole rings is 1. The zero-order chi connectivity index (χ0) is 16.8. The number of amides is 1. The number of carbonyl (C=O) groups is 2. The minimum absolute atomic E-state index is 0.286. The van der Waals surface area contributed by atoms with E-state index in [1.807, 2.05) is 30.3 Å². The molecular formula is C16H17N3O3S. The maximum atomic E-state index is 11.9. The summed E-state index contributed by atoms with van der Waals surface area (Å²) in [6, 6.07) is 9.41. The summed E-state index contributed by atoms with van der Waals surface area (Å²) >= 11 is 1.08. The topological polar surface area (TPSA) is 71.9 Å². The number of rotatable bonds is 5. The second kappa shape index (κ2) is 7.64. The Morgan fingerprint density at radius 3 is 2.65 bits per heavy atom. The van der Waals surface area contributed by atoms with E-state index in [-0.39, 0.29) is 12.5 Å². The highest BCUT2D eigenvalue weighted by atomic mass is 32.1. The van der Waals surface area contributed by atoms with Gasteiger partial charge in [-0.25, -0.2) is 9.78 Å². The summed E-state index contributed by atoms with van der Waals surface area (Å²) < 4.78 is 4.98. The molecule has 0 aliphatic carbocycles. The Balaban J connectivity index is 2.28. The molecule has 0 radical (unpaired) electrons. The zero-order valence-corrected chi connectivity index (χ0v) is 14.0. The first-order chi connectivity index (χ1) is 11.0. The highest BCUT2D eigenvalue weighted by molar-refractivity contribution is 7.17. The van der Waals surface area contributed by atoms with Crippen molar-refractivity contribution in [2.75, 3.05) is 11.6 Å². The predicted molar refractivity (Wildman–Crippen MR) is 90.0 cm³/mol. The number of aryl methyl sites for hydroxylation is 1. The summed E-state index contributed by atoms with van der Waals surface area (Å²) in [5, 5.41) is 5.69. The van der Waals surface area contributed by atoms with Crippen LogP contribution in [0.5, 0.6) is 0 Å². The second-order valence-electron chi connectivity index (χ2n) is 4.62. The lowest BCUT2D eigenvalue weighted by molar-refractivity contribution is -0.116. The Morgan fingerprint density at radius 1 is 1.35 bits per heavy atom. The van der Waals surface area contributed by atoms with E-state index in [1.165, 1.54) is 11.9 Å². The largest absolute Gasteiger partial charge is 0.462 e. The smallest absolute Gasteiger partial charge is 0.350 e. The maximum absolute atomic E-state index is 11.9. The van der Waals surface area contributed by atoms with E-state index in [2.05, 4.69) is 10.1 Å². The van der Waals surface area contributed by atoms with Crippen molar-refractivity contribution >= 4 is 34.6 Å². The van der Waals surface area contributed by atoms with Gasteiger partial charge in [-0.2, -0.15) is 10.1 Å². The van der Waals surface area contributed by atoms with Gasteiger partial charge in [0.15, 0.2) is 0 Å². The third-order valence-corrected chi connectivity index (χ3v) is 3.96. The van der Waals surface area contributed by atoms with Gasteiger partial charge in [0.2, 0.25) is 11.0 Å². The van der Waals surface area contributed by atoms with Gasteiger partial charge in [0.25, 0.3) is 0 Å². The van der Waals surface area contributed by atoms with Crippen LogP contribution in [0.2, 0.25) is 0 Å². The number of nitrogens with zero attached hydrogens (tertiary/aromatic N) is 3. The number of benzene rings is 1. The zero-order valence-electron chi connectivity index (χ0n) is 13.1. The third-order valence-electron chi connectivity index (χ3n) is 2.85. The summed E-state index contributed by atoms with van der Waals surface area (Å²) in [6.07, 6.45) is 1.57. The lowest BCUT2D eigenvalue weighted by atomic mass is 10.2. The molecule has 0 saturated carbocycles. The first kappa shape index (κ1) is 16.8. The van der Waals surface area contributed by atoms with E-state index in [9.17, 15) is 9.59 Å². The van der Waals surface area contributed by atoms with Gasteiger partial charge in [0, 0.05) is 6.92 Å². The number of ether oxygens (including phenoxy) is 1. The summed E-state index contributed by atoms with van der Waals surface area (Å²) in [4.78, 5) is 28.3. The van der Waals surface area contributed by atoms with Crippen LogP contribution in [0.4, 0.5) is 5.13 Å². The molecule has 0 unspecified atom stereocenters. The molecule has 2 rings (SSSR count). The van der Waals surface area contributed by atoms with Gasteiger partial charge in [-0.05, 0) is 19.4 Å². The third kappa shape index (κ3) is 4.23. The molecule has 0 spiro atoms. The Bertz CT molecular complexity index is 725. The minimum atomic E-state index is -0.440. The Kier molecular flexibility index (Phi) is 5.59. The molecule has 1 amide bonds. The van der Waals surface area contributed by atoms with Crippen molar-refractivity contribution in [1.29, 1.82) is 0 Å². The van der Waals surface area contributed by atoms with Crippen molar-refractivity contribution in [1.82, 2.24) is 4.98 Å². The lowest BCUT2D eigenvalue weighted by Gasteiger charge is -2.10. The Labute approximate surface area is 138 Å². The van der Waals surface area contributed by atoms with Gasteiger partial charge < -0.3 is 4.74 Å². The molecule has 7 heteroatoms. The first-order valence-corrected chi connectivity index (χ1v) is 7.88. The molecule has 0 aliphatic heterocycles. The minimum Gasteiger partial charge on any atom is -0.462 e. The number of hydrazone groups is 1. The van der Waals surface area contributed by atoms with E-state index < -0.39 is 5.97 Å². The van der Waals surface area contributed by atoms with Crippen LogP contribution >= 0.6 is 11.3 Å². The van der Waals surface area contributed by atoms with Crippen molar-refractivity contribution in [2.24, 2.45) is 5.10 Å². The van der Waals surface area contributed by atoms with Crippen LogP contribution in [0, 0.1) is 6.92 Å². The number of hydrogen-bond acceptors (Lipinski definition) is 6. The Morgan fingerprint density at radius 2 is 2.04 bits per heavy atom. The lowest BCUT2D eigenvalue weighted by Crippen LogP contribution is -2.22. The van der Waals surface area contributed by atoms with Crippen molar-refractivity contribution in [2.45, 2.75) is 20.8 Å². The summed E-state index contributed by atoms with van der Waals surface area (Å²) in [5.41, 5.74) is 1.38. The number of carbonyl (C=O) groups excluding carboxylic acids is 2. The molecule has 1 heterocycles. The summed E-state index contributed by atoms with van der Waals surface area (Å²) in [7, 11) is 0. The number of aromatic nitrogens is 1. The highest BCUT2D eigenvalue weighted by Gasteiger charge is 2.21. The molecule has 1 aromatic heterocycles. The van der Waals surface area contributed by atoms with E-state index in [4.69, 9.17) is 4.74 Å². The average Bonchev–Trinajstić information content (AvgIpc) is 2.90. The molecular weight excluding hydrogens is 314 g/mol. The van der Waals surface area contributed by atoms with E-state index in [1.54, 1.807) is 20.1 Å². The molecule has 0 aliphatic rings. The summed E-state index contributed by atoms with van der Waals surface area (Å²) in [5.74, 6) is -0.731. The standard InChI is InChI=1S/C16H17N3O3S/c1-4-22-15(21)14-11(2)18-16(23-14)19(12(3)20)17-10-13-8-6-5-7-9-13/h5-10H,4H2,1-3H3/b17-10+. The molecule has 23 heavy (non-hydrogen) atoms. The summed E-state index contributed by atoms with van der Waals surface area (Å²) in [6.45, 7) is 5.11. The molecule has 0 N–H and O–H groups in total. The maximum Gasteiger partial charge on any atom is 0.350 e. The SMILES string of the molecule is CCOC(=O)c1sc(N(/N=C/c2ccccc2)C(C)=O)nc1C. The highest BCUT2D eigenvalue weighted by Crippen LogP contribution is 2.27. The fourth-order valence-corrected chi connectivity index (χ4v) is 2.75. The van der Waals surface area contributed by atoms with Gasteiger partial charge in [-0.1, -0.05) is 41.7 Å². The van der Waals surface area contributed by atoms with Crippen LogP contribution in [0.25, 0.3) is 0 Å². The predicted octanol–water partition coefficient (Wildman–Crippen LogP) is 3.02. The number of hydrogen-bond donors (Lipinski definition) is 0. The molecule has 0 saturated heterocycles. The molecule has 1 aromatic carbocycles. The Hall–Kier alpha value is -2.54. The van der Waals surface area contributed by atoms with E-state index in [0.717, 1.165) is 16.9 Å². The first-order valence-electron chi connectivity index (χ1n) is 7.07.